The molecule has 11 atom stereocenters. The van der Waals surface area contributed by atoms with Gasteiger partial charge in [0.25, 0.3) is 0 Å². The Morgan fingerprint density at radius 2 is 0.717 bits per heavy atom. The molecule has 14 fully saturated rings. The van der Waals surface area contributed by atoms with Crippen LogP contribution in [0.4, 0.5) is 0 Å². The van der Waals surface area contributed by atoms with Gasteiger partial charge >= 0.3 is 59.7 Å². The van der Waals surface area contributed by atoms with Crippen LogP contribution in [0.2, 0.25) is 0 Å². The van der Waals surface area contributed by atoms with E-state index < -0.39 is 91.0 Å². The third-order valence-corrected chi connectivity index (χ3v) is 34.1. The molecule has 2 aliphatic heterocycles. The molecule has 12 aliphatic carbocycles. The quantitative estimate of drug-likeness (QED) is 0.0339. The summed E-state index contributed by atoms with van der Waals surface area (Å²) >= 11 is 0. The molecule has 138 heavy (non-hydrogen) atoms. The molecule has 0 spiro atoms. The number of cyclic esters (lactones) is 2. The van der Waals surface area contributed by atoms with Crippen molar-refractivity contribution >= 4 is 81.2 Å². The predicted octanol–water partition coefficient (Wildman–Crippen LogP) is 26.2. The first-order valence-electron chi connectivity index (χ1n) is 51.6. The van der Waals surface area contributed by atoms with Crippen LogP contribution in [0, 0.1) is 56.2 Å². The van der Waals surface area contributed by atoms with Crippen LogP contribution in [-0.2, 0) is 85.7 Å². The lowest BCUT2D eigenvalue weighted by molar-refractivity contribution is -0.229. The molecule has 8 bridgehead atoms. The topological polar surface area (TPSA) is 303 Å². The van der Waals surface area contributed by atoms with Crippen LogP contribution in [-0.4, -0.2) is 140 Å². The van der Waals surface area contributed by atoms with Crippen LogP contribution in [0.15, 0.2) is 72.8 Å². The molecule has 4 aromatic rings. The van der Waals surface area contributed by atoms with Crippen molar-refractivity contribution in [1.29, 1.82) is 0 Å². The summed E-state index contributed by atoms with van der Waals surface area (Å²) in [5.41, 5.74) is -4.90. The maximum absolute atomic E-state index is 13.7. The lowest BCUT2D eigenvalue weighted by Crippen LogP contribution is -2.61. The van der Waals surface area contributed by atoms with Crippen molar-refractivity contribution < 1.29 is 106 Å². The van der Waals surface area contributed by atoms with E-state index in [2.05, 4.69) is 84.0 Å². The molecule has 4 aromatic carbocycles. The molecule has 22 heteroatoms. The molecule has 14 aliphatic rings. The third-order valence-electron chi connectivity index (χ3n) is 34.1. The molecule has 12 saturated carbocycles. The Morgan fingerprint density at radius 3 is 1.08 bits per heavy atom. The van der Waals surface area contributed by atoms with Gasteiger partial charge in [-0.05, 0) is 388 Å². The average Bonchev–Trinajstić information content (AvgIpc) is 0.828. The Hall–Kier alpha value is -7.98. The van der Waals surface area contributed by atoms with Gasteiger partial charge in [-0.1, -0.05) is 139 Å². The summed E-state index contributed by atoms with van der Waals surface area (Å²) in [6.45, 7) is 35.4. The van der Waals surface area contributed by atoms with Gasteiger partial charge in [0.05, 0.1) is 67.7 Å². The molecule has 0 radical (unpaired) electrons. The zero-order valence-electron chi connectivity index (χ0n) is 84.3. The van der Waals surface area contributed by atoms with Gasteiger partial charge in [-0.2, -0.15) is 0 Å². The Balaban J connectivity index is 0.000000208. The minimum absolute atomic E-state index is 0. The molecule has 2 saturated heterocycles. The predicted molar refractivity (Wildman–Crippen MR) is 539 cm³/mol. The first kappa shape index (κ1) is 114. The SMILES string of the molecule is C.C.C.C.CCC(C)(CC(C)(C)C(=O)OC12CC3CC(CC(O)(C3)C1)C2)C(=O)OC12CC3CC(CC(O)(C3)C1)C2.CCC(C)(CC(C)(C)C(=O)OC1COC(=O)C1)C(=O)OC1COC(=O)C1.CCC(CC(C)c1cccc2c(C(=O)OC3(C)CCCC3)cccc12)c1cccc2c(C(=O)OC3(C)CCCC3)cccc12.CCC1(OC(=O)C(C)(C)CC(C)(CC)C(=O)OC2(CC)CCCC2)CCCC1. The largest absolute Gasteiger partial charge is 0.462 e. The average molecular weight is 1920 g/mol. The molecule has 2 heterocycles. The molecular formula is C116H176O22. The van der Waals surface area contributed by atoms with Crippen molar-refractivity contribution in [3.05, 3.63) is 95.1 Å². The van der Waals surface area contributed by atoms with E-state index in [1.165, 1.54) is 11.1 Å². The van der Waals surface area contributed by atoms with Crippen LogP contribution in [0.1, 0.15) is 455 Å². The van der Waals surface area contributed by atoms with Crippen molar-refractivity contribution in [3.8, 4) is 0 Å². The number of carbonyl (C=O) groups is 10. The van der Waals surface area contributed by atoms with Gasteiger partial charge in [0.2, 0.25) is 0 Å². The standard InChI is InChI=1S/C40H46O4.C30H46O6.C24H42O4.C18H26O8.4CH4/c1-5-28(30-15-11-19-34-32(30)17-13-21-36(34)38(42)44-40(4)24-8-9-25-40)26-27(2)29-14-10-18-33-31(29)16-12-20-35(33)37(41)43-39(3)22-6-7-23-39;1-5-26(4,24(32)36-30-14-21-7-22(15-30)11-28(34,10-21)18-30)16-25(2,3)23(31)35-29-12-19-6-20(13-29)9-27(33,8-19)17-29;1-7-22(6,20(26)28-24(9-3)16-12-13-17-24)18-21(4,5)19(25)27-23(8-2)14-10-11-15-23;1-5-18(4,16(22)26-12-7-14(20)24-9-12)10-17(2,3)15(21)25-11-6-13(19)23-8-11;;;;/h10-21,27-28H,5-9,22-26H2,1-4H3;19-22,33-34H,5-18H2,1-4H3;7-18H2,1-6H3;11-12H,5-10H2,1-4H3;4*1H4. The Kier molecular flexibility index (Phi) is 36.6. The number of benzene rings is 4. The van der Waals surface area contributed by atoms with E-state index in [1.807, 2.05) is 92.6 Å². The normalized spacial score (nSPS) is 28.0. The van der Waals surface area contributed by atoms with Crippen LogP contribution in [0.25, 0.3) is 21.5 Å². The second-order valence-electron chi connectivity index (χ2n) is 47.4. The molecule has 11 unspecified atom stereocenters. The number of ether oxygens (including phenoxy) is 10. The van der Waals surface area contributed by atoms with E-state index in [4.69, 9.17) is 47.4 Å². The first-order chi connectivity index (χ1) is 63.0. The van der Waals surface area contributed by atoms with Gasteiger partial charge in [0.15, 0.2) is 0 Å². The minimum Gasteiger partial charge on any atom is -0.462 e. The third kappa shape index (κ3) is 25.8. The van der Waals surface area contributed by atoms with Crippen molar-refractivity contribution in [2.24, 2.45) is 56.2 Å². The van der Waals surface area contributed by atoms with E-state index in [9.17, 15) is 58.2 Å². The highest BCUT2D eigenvalue weighted by Gasteiger charge is 2.63. The maximum Gasteiger partial charge on any atom is 0.339 e. The van der Waals surface area contributed by atoms with Crippen LogP contribution in [0.5, 0.6) is 0 Å². The number of rotatable bonds is 32. The summed E-state index contributed by atoms with van der Waals surface area (Å²) in [7, 11) is 0. The van der Waals surface area contributed by atoms with Crippen molar-refractivity contribution in [1.82, 2.24) is 0 Å². The van der Waals surface area contributed by atoms with Crippen molar-refractivity contribution in [2.75, 3.05) is 13.2 Å². The monoisotopic (exact) mass is 1920 g/mol. The fraction of sp³-hybridized carbons (Fsp3) is 0.741. The number of esters is 10. The Labute approximate surface area is 826 Å². The zero-order chi connectivity index (χ0) is 97.3. The number of hydrogen-bond donors (Lipinski definition) is 2. The first-order valence-corrected chi connectivity index (χ1v) is 51.6. The fourth-order valence-electron chi connectivity index (χ4n) is 26.7. The van der Waals surface area contributed by atoms with E-state index in [1.54, 1.807) is 20.8 Å². The number of carbonyl (C=O) groups excluding carboxylic acids is 10. The highest BCUT2D eigenvalue weighted by atomic mass is 16.6. The van der Waals surface area contributed by atoms with E-state index in [-0.39, 0.29) is 126 Å². The van der Waals surface area contributed by atoms with Crippen molar-refractivity contribution in [3.63, 3.8) is 0 Å². The molecule has 18 rings (SSSR count). The summed E-state index contributed by atoms with van der Waals surface area (Å²) in [5.74, 6) is -0.663. The zero-order valence-corrected chi connectivity index (χ0v) is 84.3. The van der Waals surface area contributed by atoms with Gasteiger partial charge in [0.1, 0.15) is 59.0 Å². The van der Waals surface area contributed by atoms with E-state index in [0.29, 0.717) is 85.7 Å². The van der Waals surface area contributed by atoms with E-state index >= 15 is 0 Å². The Bertz CT molecular complexity index is 4900. The highest BCUT2D eigenvalue weighted by Crippen LogP contribution is 2.62. The lowest BCUT2D eigenvalue weighted by Gasteiger charge is -2.59. The number of fused-ring (bicyclic) bond motifs is 2. The minimum atomic E-state index is -0.961. The van der Waals surface area contributed by atoms with Crippen LogP contribution in [0.3, 0.4) is 0 Å². The van der Waals surface area contributed by atoms with Gasteiger partial charge in [-0.25, -0.2) is 9.59 Å². The second kappa shape index (κ2) is 44.5. The molecule has 772 valence electrons. The van der Waals surface area contributed by atoms with Gasteiger partial charge in [-0.3, -0.25) is 38.4 Å². The lowest BCUT2D eigenvalue weighted by atomic mass is 9.52. The molecule has 2 N–H and O–H groups in total. The smallest absolute Gasteiger partial charge is 0.339 e. The van der Waals surface area contributed by atoms with Crippen LogP contribution >= 0.6 is 0 Å². The summed E-state index contributed by atoms with van der Waals surface area (Å²) < 4.78 is 57.4. The van der Waals surface area contributed by atoms with Gasteiger partial charge < -0.3 is 57.6 Å². The summed E-state index contributed by atoms with van der Waals surface area (Å²) in [4.78, 5) is 128. The molecule has 0 aromatic heterocycles. The van der Waals surface area contributed by atoms with Crippen molar-refractivity contribution in [2.45, 2.75) is 480 Å². The summed E-state index contributed by atoms with van der Waals surface area (Å²) in [5, 5.41) is 26.3. The number of aliphatic hydroxyl groups is 2. The summed E-state index contributed by atoms with van der Waals surface area (Å²) in [6, 6.07) is 24.7. The molecular weight excluding hydrogens is 1750 g/mol. The number of hydrogen-bond acceptors (Lipinski definition) is 22. The fourth-order valence-corrected chi connectivity index (χ4v) is 26.7. The maximum atomic E-state index is 13.7. The van der Waals surface area contributed by atoms with E-state index in [0.717, 1.165) is 214 Å². The highest BCUT2D eigenvalue weighted by molar-refractivity contribution is 6.07. The summed E-state index contributed by atoms with van der Waals surface area (Å²) in [6.07, 6.45) is 32.0. The van der Waals surface area contributed by atoms with Gasteiger partial charge in [0, 0.05) is 12.8 Å². The second-order valence-corrected chi connectivity index (χ2v) is 47.4. The van der Waals surface area contributed by atoms with Crippen LogP contribution < -0.4 is 0 Å². The van der Waals surface area contributed by atoms with Gasteiger partial charge in [-0.15, -0.1) is 0 Å². The molecule has 0 amide bonds. The molecule has 22 nitrogen and oxygen atoms in total. The Morgan fingerprint density at radius 1 is 0.399 bits per heavy atom.